The molecule has 3 rings (SSSR count). The number of hydrogen-bond donors (Lipinski definition) is 1. The minimum Gasteiger partial charge on any atom is -0.469 e. The Balaban J connectivity index is 1.60. The van der Waals surface area contributed by atoms with E-state index in [1.54, 1.807) is 6.26 Å². The second-order valence-corrected chi connectivity index (χ2v) is 5.55. The number of aryl methyl sites for hydroxylation is 2. The molecule has 0 unspecified atom stereocenters. The Kier molecular flexibility index (Phi) is 4.41. The fourth-order valence-corrected chi connectivity index (χ4v) is 3.13. The molecule has 0 saturated carbocycles. The maximum Gasteiger partial charge on any atom is 0.103 e. The molecule has 0 aliphatic carbocycles. The fraction of sp³-hybridized carbons (Fsp3) is 0.562. The van der Waals surface area contributed by atoms with Crippen molar-refractivity contribution in [2.75, 3.05) is 13.1 Å². The molecule has 2 aromatic heterocycles. The van der Waals surface area contributed by atoms with Crippen molar-refractivity contribution in [1.29, 1.82) is 0 Å². The molecule has 0 saturated heterocycles. The Morgan fingerprint density at radius 3 is 3.05 bits per heavy atom. The van der Waals surface area contributed by atoms with Gasteiger partial charge in [0.1, 0.15) is 5.76 Å². The van der Waals surface area contributed by atoms with E-state index in [1.165, 1.54) is 11.3 Å². The molecule has 3 heterocycles. The largest absolute Gasteiger partial charge is 0.469 e. The molecule has 0 spiro atoms. The van der Waals surface area contributed by atoms with E-state index in [0.29, 0.717) is 0 Å². The van der Waals surface area contributed by atoms with Gasteiger partial charge in [-0.15, -0.1) is 0 Å². The summed E-state index contributed by atoms with van der Waals surface area (Å²) in [5.41, 5.74) is 3.40. The molecule has 5 nitrogen and oxygen atoms in total. The van der Waals surface area contributed by atoms with E-state index >= 15 is 0 Å². The molecule has 0 fully saturated rings. The minimum absolute atomic E-state index is 0.0373. The molecule has 0 radical (unpaired) electrons. The van der Waals surface area contributed by atoms with E-state index in [9.17, 15) is 5.11 Å². The minimum atomic E-state index is 0.0373. The summed E-state index contributed by atoms with van der Waals surface area (Å²) >= 11 is 0. The summed E-state index contributed by atoms with van der Waals surface area (Å²) in [4.78, 5) is 2.45. The van der Waals surface area contributed by atoms with Crippen LogP contribution in [0.4, 0.5) is 0 Å². The van der Waals surface area contributed by atoms with Crippen molar-refractivity contribution in [2.24, 2.45) is 0 Å². The molecule has 1 aliphatic rings. The van der Waals surface area contributed by atoms with E-state index in [2.05, 4.69) is 16.9 Å². The summed E-state index contributed by atoms with van der Waals surface area (Å²) in [5, 5.41) is 14.0. The van der Waals surface area contributed by atoms with Gasteiger partial charge in [0.15, 0.2) is 0 Å². The van der Waals surface area contributed by atoms with Crippen LogP contribution >= 0.6 is 0 Å². The molecule has 0 atom stereocenters. The van der Waals surface area contributed by atoms with Crippen LogP contribution in [0, 0.1) is 0 Å². The number of aliphatic hydroxyl groups is 1. The highest BCUT2D eigenvalue weighted by Crippen LogP contribution is 2.23. The first-order chi connectivity index (χ1) is 10.3. The fourth-order valence-electron chi connectivity index (χ4n) is 3.13. The maximum absolute atomic E-state index is 9.48. The molecule has 2 aromatic rings. The lowest BCUT2D eigenvalue weighted by Gasteiger charge is -2.27. The second kappa shape index (κ2) is 6.45. The lowest BCUT2D eigenvalue weighted by atomic mass is 10.0. The van der Waals surface area contributed by atoms with Gasteiger partial charge in [-0.1, -0.05) is 0 Å². The Morgan fingerprint density at radius 1 is 1.43 bits per heavy atom. The standard InChI is InChI=1S/C16H23N3O2/c1-2-19-16-7-9-18(11-14(16)15(12-20)17-19)8-3-5-13-6-4-10-21-13/h4,6,10,20H,2-3,5,7-9,11-12H2,1H3. The Bertz CT molecular complexity index is 575. The summed E-state index contributed by atoms with van der Waals surface area (Å²) in [5.74, 6) is 1.06. The summed E-state index contributed by atoms with van der Waals surface area (Å²) in [6, 6.07) is 3.97. The molecular formula is C16H23N3O2. The van der Waals surface area contributed by atoms with Crippen LogP contribution in [0.3, 0.4) is 0 Å². The predicted molar refractivity (Wildman–Crippen MR) is 79.8 cm³/mol. The molecule has 1 N–H and O–H groups in total. The van der Waals surface area contributed by atoms with Gasteiger partial charge >= 0.3 is 0 Å². The average molecular weight is 289 g/mol. The van der Waals surface area contributed by atoms with Crippen LogP contribution in [-0.2, 0) is 32.5 Å². The van der Waals surface area contributed by atoms with Crippen LogP contribution in [0.2, 0.25) is 0 Å². The Morgan fingerprint density at radius 2 is 2.33 bits per heavy atom. The van der Waals surface area contributed by atoms with Crippen molar-refractivity contribution in [3.8, 4) is 0 Å². The van der Waals surface area contributed by atoms with Gasteiger partial charge in [0.2, 0.25) is 0 Å². The molecule has 1 aliphatic heterocycles. The van der Waals surface area contributed by atoms with Gasteiger partial charge < -0.3 is 9.52 Å². The number of furan rings is 1. The van der Waals surface area contributed by atoms with Crippen molar-refractivity contribution in [1.82, 2.24) is 14.7 Å². The molecule has 21 heavy (non-hydrogen) atoms. The average Bonchev–Trinajstić information content (AvgIpc) is 3.14. The first-order valence-corrected chi connectivity index (χ1v) is 7.74. The van der Waals surface area contributed by atoms with Crippen LogP contribution in [-0.4, -0.2) is 32.9 Å². The summed E-state index contributed by atoms with van der Waals surface area (Å²) in [6.07, 6.45) is 4.84. The number of rotatable bonds is 6. The van der Waals surface area contributed by atoms with E-state index in [1.807, 2.05) is 16.8 Å². The maximum atomic E-state index is 9.48. The van der Waals surface area contributed by atoms with E-state index in [0.717, 1.165) is 56.9 Å². The van der Waals surface area contributed by atoms with Gasteiger partial charge in [0.25, 0.3) is 0 Å². The second-order valence-electron chi connectivity index (χ2n) is 5.55. The zero-order valence-corrected chi connectivity index (χ0v) is 12.6. The van der Waals surface area contributed by atoms with Gasteiger partial charge in [-0.3, -0.25) is 9.58 Å². The number of fused-ring (bicyclic) bond motifs is 1. The molecule has 114 valence electrons. The molecule has 0 amide bonds. The molecule has 0 aromatic carbocycles. The van der Waals surface area contributed by atoms with Crippen LogP contribution in [0.1, 0.15) is 36.1 Å². The molecular weight excluding hydrogens is 266 g/mol. The van der Waals surface area contributed by atoms with Crippen molar-refractivity contribution in [3.05, 3.63) is 41.1 Å². The highest BCUT2D eigenvalue weighted by Gasteiger charge is 2.23. The SMILES string of the molecule is CCn1nc(CO)c2c1CCN(CCCc1ccco1)C2. The van der Waals surface area contributed by atoms with E-state index in [-0.39, 0.29) is 6.61 Å². The van der Waals surface area contributed by atoms with Crippen molar-refractivity contribution >= 4 is 0 Å². The Hall–Kier alpha value is -1.59. The third kappa shape index (κ3) is 3.04. The summed E-state index contributed by atoms with van der Waals surface area (Å²) < 4.78 is 7.41. The van der Waals surface area contributed by atoms with E-state index in [4.69, 9.17) is 4.42 Å². The number of hydrogen-bond acceptors (Lipinski definition) is 4. The predicted octanol–water partition coefficient (Wildman–Crippen LogP) is 1.98. The van der Waals surface area contributed by atoms with Crippen molar-refractivity contribution in [3.63, 3.8) is 0 Å². The smallest absolute Gasteiger partial charge is 0.103 e. The highest BCUT2D eigenvalue weighted by atomic mass is 16.3. The topological polar surface area (TPSA) is 54.4 Å². The third-order valence-corrected chi connectivity index (χ3v) is 4.22. The lowest BCUT2D eigenvalue weighted by Crippen LogP contribution is -2.32. The van der Waals surface area contributed by atoms with Gasteiger partial charge in [0.05, 0.1) is 18.6 Å². The zero-order chi connectivity index (χ0) is 14.7. The van der Waals surface area contributed by atoms with Crippen molar-refractivity contribution in [2.45, 2.75) is 45.9 Å². The first kappa shape index (κ1) is 14.4. The highest BCUT2D eigenvalue weighted by molar-refractivity contribution is 5.28. The van der Waals surface area contributed by atoms with Crippen LogP contribution in [0.15, 0.2) is 22.8 Å². The van der Waals surface area contributed by atoms with Crippen LogP contribution in [0.5, 0.6) is 0 Å². The number of aromatic nitrogens is 2. The van der Waals surface area contributed by atoms with Gasteiger partial charge in [-0.2, -0.15) is 5.10 Å². The van der Waals surface area contributed by atoms with E-state index < -0.39 is 0 Å². The number of aliphatic hydroxyl groups excluding tert-OH is 1. The number of nitrogens with zero attached hydrogens (tertiary/aromatic N) is 3. The van der Waals surface area contributed by atoms with Crippen molar-refractivity contribution < 1.29 is 9.52 Å². The van der Waals surface area contributed by atoms with Crippen LogP contribution in [0.25, 0.3) is 0 Å². The lowest BCUT2D eigenvalue weighted by molar-refractivity contribution is 0.239. The summed E-state index contributed by atoms with van der Waals surface area (Å²) in [7, 11) is 0. The monoisotopic (exact) mass is 289 g/mol. The van der Waals surface area contributed by atoms with Gasteiger partial charge in [-0.25, -0.2) is 0 Å². The summed E-state index contributed by atoms with van der Waals surface area (Å²) in [6.45, 7) is 6.05. The Labute approximate surface area is 125 Å². The van der Waals surface area contributed by atoms with Gasteiger partial charge in [0, 0.05) is 43.7 Å². The van der Waals surface area contributed by atoms with Gasteiger partial charge in [-0.05, 0) is 32.0 Å². The normalized spacial score (nSPS) is 15.3. The molecule has 0 bridgehead atoms. The first-order valence-electron chi connectivity index (χ1n) is 7.74. The quantitative estimate of drug-likeness (QED) is 0.883. The third-order valence-electron chi connectivity index (χ3n) is 4.22. The molecule has 5 heteroatoms. The van der Waals surface area contributed by atoms with Crippen LogP contribution < -0.4 is 0 Å². The zero-order valence-electron chi connectivity index (χ0n) is 12.6.